The molecule has 2 fully saturated rings. The Morgan fingerprint density at radius 2 is 1.73 bits per heavy atom. The zero-order valence-corrected chi connectivity index (χ0v) is 17.1. The van der Waals surface area contributed by atoms with Gasteiger partial charge in [-0.25, -0.2) is 0 Å². The first-order chi connectivity index (χ1) is 12.4. The van der Waals surface area contributed by atoms with Gasteiger partial charge in [-0.1, -0.05) is 12.8 Å². The van der Waals surface area contributed by atoms with Crippen molar-refractivity contribution in [2.75, 3.05) is 39.3 Å². The maximum Gasteiger partial charge on any atom is 0.281 e. The molecule has 0 aromatic heterocycles. The standard InChI is InChI=1S/C18H35N3O4S/c1-16(2)25-14-8-10-19-18(22)17-9-7-13-21(15-17)26(23,24)20-11-5-3-4-6-12-20/h16-17H,3-15H2,1-2H3,(H,19,22). The Labute approximate surface area is 158 Å². The van der Waals surface area contributed by atoms with Crippen molar-refractivity contribution < 1.29 is 17.9 Å². The number of hydrogen-bond donors (Lipinski definition) is 1. The topological polar surface area (TPSA) is 79.0 Å². The van der Waals surface area contributed by atoms with E-state index in [2.05, 4.69) is 5.32 Å². The highest BCUT2D eigenvalue weighted by atomic mass is 32.2. The minimum Gasteiger partial charge on any atom is -0.379 e. The average Bonchev–Trinajstić information content (AvgIpc) is 2.91. The van der Waals surface area contributed by atoms with Crippen LogP contribution in [0.4, 0.5) is 0 Å². The van der Waals surface area contributed by atoms with E-state index in [1.165, 1.54) is 4.31 Å². The second-order valence-corrected chi connectivity index (χ2v) is 9.51. The first kappa shape index (κ1) is 21.6. The van der Waals surface area contributed by atoms with Crippen LogP contribution < -0.4 is 5.32 Å². The fourth-order valence-electron chi connectivity index (χ4n) is 3.55. The molecule has 152 valence electrons. The Morgan fingerprint density at radius 3 is 2.38 bits per heavy atom. The fourth-order valence-corrected chi connectivity index (χ4v) is 5.32. The molecule has 0 saturated carbocycles. The zero-order valence-electron chi connectivity index (χ0n) is 16.3. The van der Waals surface area contributed by atoms with Crippen LogP contribution in [-0.2, 0) is 19.7 Å². The van der Waals surface area contributed by atoms with Crippen LogP contribution in [0.1, 0.15) is 58.8 Å². The van der Waals surface area contributed by atoms with Crippen LogP contribution in [0.5, 0.6) is 0 Å². The van der Waals surface area contributed by atoms with Gasteiger partial charge in [-0.05, 0) is 46.0 Å². The molecule has 2 heterocycles. The van der Waals surface area contributed by atoms with Crippen LogP contribution in [0.2, 0.25) is 0 Å². The van der Waals surface area contributed by atoms with Crippen molar-refractivity contribution in [1.29, 1.82) is 0 Å². The van der Waals surface area contributed by atoms with Crippen LogP contribution in [0.15, 0.2) is 0 Å². The van der Waals surface area contributed by atoms with Gasteiger partial charge in [-0.2, -0.15) is 17.0 Å². The molecule has 0 bridgehead atoms. The summed E-state index contributed by atoms with van der Waals surface area (Å²) in [6, 6.07) is 0. The third-order valence-electron chi connectivity index (χ3n) is 5.04. The van der Waals surface area contributed by atoms with E-state index in [-0.39, 0.29) is 17.9 Å². The second kappa shape index (κ2) is 10.6. The summed E-state index contributed by atoms with van der Waals surface area (Å²) in [4.78, 5) is 12.4. The highest BCUT2D eigenvalue weighted by molar-refractivity contribution is 7.86. The lowest BCUT2D eigenvalue weighted by molar-refractivity contribution is -0.126. The minimum atomic E-state index is -3.45. The number of ether oxygens (including phenoxy) is 1. The second-order valence-electron chi connectivity index (χ2n) is 7.58. The van der Waals surface area contributed by atoms with E-state index in [1.807, 2.05) is 13.8 Å². The summed E-state index contributed by atoms with van der Waals surface area (Å²) in [5, 5.41) is 2.93. The molecule has 1 unspecified atom stereocenters. The normalized spacial score (nSPS) is 23.7. The average molecular weight is 390 g/mol. The highest BCUT2D eigenvalue weighted by Gasteiger charge is 2.35. The van der Waals surface area contributed by atoms with E-state index in [9.17, 15) is 13.2 Å². The summed E-state index contributed by atoms with van der Waals surface area (Å²) in [6.45, 7) is 7.19. The third-order valence-corrected chi connectivity index (χ3v) is 7.05. The predicted octanol–water partition coefficient (Wildman–Crippen LogP) is 1.75. The number of nitrogens with zero attached hydrogens (tertiary/aromatic N) is 2. The highest BCUT2D eigenvalue weighted by Crippen LogP contribution is 2.23. The van der Waals surface area contributed by atoms with Crippen LogP contribution in [0, 0.1) is 5.92 Å². The summed E-state index contributed by atoms with van der Waals surface area (Å²) < 4.78 is 34.5. The van der Waals surface area contributed by atoms with Gasteiger partial charge < -0.3 is 10.1 Å². The van der Waals surface area contributed by atoms with Gasteiger partial charge in [0.05, 0.1) is 12.0 Å². The number of amides is 1. The number of nitrogens with one attached hydrogen (secondary N) is 1. The quantitative estimate of drug-likeness (QED) is 0.642. The molecule has 0 spiro atoms. The van der Waals surface area contributed by atoms with Crippen LogP contribution in [0.25, 0.3) is 0 Å². The summed E-state index contributed by atoms with van der Waals surface area (Å²) in [7, 11) is -3.45. The largest absolute Gasteiger partial charge is 0.379 e. The lowest BCUT2D eigenvalue weighted by Crippen LogP contribution is -2.50. The van der Waals surface area contributed by atoms with Crippen molar-refractivity contribution in [3.05, 3.63) is 0 Å². The first-order valence-electron chi connectivity index (χ1n) is 10.1. The Balaban J connectivity index is 1.82. The van der Waals surface area contributed by atoms with Crippen molar-refractivity contribution in [3.63, 3.8) is 0 Å². The van der Waals surface area contributed by atoms with E-state index >= 15 is 0 Å². The number of rotatable bonds is 8. The van der Waals surface area contributed by atoms with Gasteiger partial charge in [0.1, 0.15) is 0 Å². The van der Waals surface area contributed by atoms with E-state index in [0.29, 0.717) is 39.3 Å². The molecular weight excluding hydrogens is 354 g/mol. The van der Waals surface area contributed by atoms with Crippen LogP contribution in [0.3, 0.4) is 0 Å². The van der Waals surface area contributed by atoms with E-state index in [0.717, 1.165) is 44.9 Å². The molecule has 2 rings (SSSR count). The van der Waals surface area contributed by atoms with Crippen molar-refractivity contribution >= 4 is 16.1 Å². The monoisotopic (exact) mass is 389 g/mol. The summed E-state index contributed by atoms with van der Waals surface area (Å²) >= 11 is 0. The Kier molecular flexibility index (Phi) is 8.79. The number of carbonyl (C=O) groups excluding carboxylic acids is 1. The van der Waals surface area contributed by atoms with Gasteiger partial charge in [-0.15, -0.1) is 0 Å². The molecule has 2 aliphatic rings. The molecular formula is C18H35N3O4S. The fraction of sp³-hybridized carbons (Fsp3) is 0.944. The molecule has 1 N–H and O–H groups in total. The minimum absolute atomic E-state index is 0.0367. The van der Waals surface area contributed by atoms with Gasteiger partial charge in [0.2, 0.25) is 5.91 Å². The molecule has 2 saturated heterocycles. The van der Waals surface area contributed by atoms with Crippen molar-refractivity contribution in [2.24, 2.45) is 5.92 Å². The zero-order chi connectivity index (χ0) is 19.0. The van der Waals surface area contributed by atoms with Crippen LogP contribution >= 0.6 is 0 Å². The maximum atomic E-state index is 12.9. The summed E-state index contributed by atoms with van der Waals surface area (Å²) in [5.74, 6) is -0.290. The molecule has 2 aliphatic heterocycles. The van der Waals surface area contributed by atoms with Crippen LogP contribution in [-0.4, -0.2) is 68.4 Å². The lowest BCUT2D eigenvalue weighted by Gasteiger charge is -2.34. The van der Waals surface area contributed by atoms with Gasteiger partial charge >= 0.3 is 0 Å². The predicted molar refractivity (Wildman–Crippen MR) is 102 cm³/mol. The summed E-state index contributed by atoms with van der Waals surface area (Å²) in [6.07, 6.45) is 6.50. The number of hydrogen-bond acceptors (Lipinski definition) is 4. The maximum absolute atomic E-state index is 12.9. The molecule has 0 aliphatic carbocycles. The van der Waals surface area contributed by atoms with Gasteiger partial charge in [0.15, 0.2) is 0 Å². The molecule has 26 heavy (non-hydrogen) atoms. The van der Waals surface area contributed by atoms with Crippen molar-refractivity contribution in [1.82, 2.24) is 13.9 Å². The van der Waals surface area contributed by atoms with Crippen molar-refractivity contribution in [3.8, 4) is 0 Å². The smallest absolute Gasteiger partial charge is 0.281 e. The molecule has 7 nitrogen and oxygen atoms in total. The first-order valence-corrected chi connectivity index (χ1v) is 11.5. The Morgan fingerprint density at radius 1 is 1.08 bits per heavy atom. The molecule has 0 aromatic rings. The molecule has 1 atom stereocenters. The van der Waals surface area contributed by atoms with Gasteiger partial charge in [0, 0.05) is 39.3 Å². The Hall–Kier alpha value is -0.700. The molecule has 0 aromatic carbocycles. The molecule has 1 amide bonds. The SMILES string of the molecule is CC(C)OCCCNC(=O)C1CCCN(S(=O)(=O)N2CCCCCC2)C1. The van der Waals surface area contributed by atoms with Gasteiger partial charge in [-0.3, -0.25) is 4.79 Å². The van der Waals surface area contributed by atoms with Crippen molar-refractivity contribution in [2.45, 2.75) is 64.9 Å². The number of carbonyl (C=O) groups is 1. The van der Waals surface area contributed by atoms with E-state index in [4.69, 9.17) is 4.74 Å². The lowest BCUT2D eigenvalue weighted by atomic mass is 9.99. The molecule has 8 heteroatoms. The van der Waals surface area contributed by atoms with Gasteiger partial charge in [0.25, 0.3) is 10.2 Å². The molecule has 0 radical (unpaired) electrons. The third kappa shape index (κ3) is 6.48. The summed E-state index contributed by atoms with van der Waals surface area (Å²) in [5.41, 5.74) is 0. The van der Waals surface area contributed by atoms with E-state index < -0.39 is 10.2 Å². The number of piperidine rings is 1. The van der Waals surface area contributed by atoms with E-state index in [1.54, 1.807) is 4.31 Å². The Bertz CT molecular complexity index is 531.